The minimum Gasteiger partial charge on any atom is -0.493 e. The Balaban J connectivity index is 0.000000229. The third-order valence-corrected chi connectivity index (χ3v) is 7.39. The van der Waals surface area contributed by atoms with Gasteiger partial charge in [0.1, 0.15) is 5.75 Å². The number of aryl methyl sites for hydroxylation is 1. The number of alkyl halides is 3. The summed E-state index contributed by atoms with van der Waals surface area (Å²) in [5.74, 6) is 1.75. The minimum atomic E-state index is -4.61. The van der Waals surface area contributed by atoms with Gasteiger partial charge < -0.3 is 14.5 Å². The number of nitrogens with zero attached hydrogens (tertiary/aromatic N) is 2. The third-order valence-electron chi connectivity index (χ3n) is 7.15. The molecule has 2 heterocycles. The van der Waals surface area contributed by atoms with Crippen LogP contribution in [0.3, 0.4) is 0 Å². The molecule has 2 saturated carbocycles. The zero-order valence-corrected chi connectivity index (χ0v) is 20.9. The molecule has 1 N–H and O–H groups in total. The second kappa shape index (κ2) is 11.4. The monoisotopic (exact) mass is 529 g/mol. The zero-order chi connectivity index (χ0) is 25.8. The smallest absolute Gasteiger partial charge is 0.493 e. The molecule has 36 heavy (non-hydrogen) atoms. The van der Waals surface area contributed by atoms with E-state index in [-0.39, 0.29) is 30.2 Å². The molecule has 2 aliphatic carbocycles. The lowest BCUT2D eigenvalue weighted by Gasteiger charge is -2.33. The number of amides is 1. The molecule has 3 aliphatic rings. The van der Waals surface area contributed by atoms with E-state index in [1.54, 1.807) is 0 Å². The summed E-state index contributed by atoms with van der Waals surface area (Å²) in [6.45, 7) is 2.92. The number of hydrogen-bond donors (Lipinski definition) is 1. The van der Waals surface area contributed by atoms with Crippen molar-refractivity contribution in [2.75, 3.05) is 6.61 Å². The van der Waals surface area contributed by atoms with E-state index in [0.717, 1.165) is 62.3 Å². The van der Waals surface area contributed by atoms with Crippen LogP contribution in [0.15, 0.2) is 22.6 Å². The normalized spacial score (nSPS) is 27.2. The first kappa shape index (κ1) is 26.7. The number of halogens is 4. The van der Waals surface area contributed by atoms with Crippen molar-refractivity contribution in [3.8, 4) is 5.75 Å². The third kappa shape index (κ3) is 6.51. The maximum atomic E-state index is 12.2. The fourth-order valence-electron chi connectivity index (χ4n) is 5.37. The van der Waals surface area contributed by atoms with Gasteiger partial charge in [-0.2, -0.15) is 0 Å². The molecule has 0 spiro atoms. The summed E-state index contributed by atoms with van der Waals surface area (Å²) in [6, 6.07) is 5.88. The molecule has 1 aromatic carbocycles. The van der Waals surface area contributed by atoms with Crippen LogP contribution in [0.1, 0.15) is 81.6 Å². The van der Waals surface area contributed by atoms with Crippen molar-refractivity contribution in [3.63, 3.8) is 0 Å². The van der Waals surface area contributed by atoms with E-state index in [0.29, 0.717) is 18.2 Å². The summed E-state index contributed by atoms with van der Waals surface area (Å²) in [5, 5.41) is 11.9. The van der Waals surface area contributed by atoms with Crippen LogP contribution < -0.4 is 10.1 Å². The number of aromatic nitrogens is 2. The Kier molecular flexibility index (Phi) is 8.44. The summed E-state index contributed by atoms with van der Waals surface area (Å²) in [4.78, 5) is 10.7. The molecule has 7 nitrogen and oxygen atoms in total. The minimum absolute atomic E-state index is 0.0904. The van der Waals surface area contributed by atoms with Gasteiger partial charge in [-0.25, -0.2) is 0 Å². The Morgan fingerprint density at radius 3 is 2.83 bits per heavy atom. The molecular weight excluding hydrogens is 499 g/mol. The van der Waals surface area contributed by atoms with Crippen molar-refractivity contribution in [2.24, 2.45) is 0 Å². The SMILES string of the molecule is CCCC1(c2nnc(C3CC(OC(F)(F)F)C3)o2)CCC(NC=O)C1.Clc1ccc2c(c1)CCCO2. The van der Waals surface area contributed by atoms with Gasteiger partial charge in [0, 0.05) is 17.0 Å². The topological polar surface area (TPSA) is 86.5 Å². The molecule has 2 fully saturated rings. The highest BCUT2D eigenvalue weighted by Crippen LogP contribution is 2.46. The quantitative estimate of drug-likeness (QED) is 0.453. The molecule has 0 saturated heterocycles. The molecule has 2 atom stereocenters. The number of fused-ring (bicyclic) bond motifs is 1. The number of carbonyl (C=O) groups is 1. The van der Waals surface area contributed by atoms with E-state index in [1.807, 2.05) is 18.2 Å². The molecule has 1 aliphatic heterocycles. The lowest BCUT2D eigenvalue weighted by Crippen LogP contribution is -2.34. The van der Waals surface area contributed by atoms with E-state index in [9.17, 15) is 18.0 Å². The number of benzene rings is 1. The van der Waals surface area contributed by atoms with Crippen molar-refractivity contribution in [1.82, 2.24) is 15.5 Å². The molecule has 198 valence electrons. The first-order chi connectivity index (χ1) is 17.2. The Bertz CT molecular complexity index is 1030. The van der Waals surface area contributed by atoms with Crippen molar-refractivity contribution >= 4 is 18.0 Å². The van der Waals surface area contributed by atoms with Crippen molar-refractivity contribution < 1.29 is 31.9 Å². The van der Waals surface area contributed by atoms with Gasteiger partial charge in [0.25, 0.3) is 0 Å². The highest BCUT2D eigenvalue weighted by molar-refractivity contribution is 6.30. The van der Waals surface area contributed by atoms with E-state index in [1.165, 1.54) is 5.56 Å². The second-order valence-electron chi connectivity index (χ2n) is 9.76. The maximum Gasteiger partial charge on any atom is 0.522 e. The van der Waals surface area contributed by atoms with Gasteiger partial charge in [-0.1, -0.05) is 24.9 Å². The van der Waals surface area contributed by atoms with Gasteiger partial charge in [0.2, 0.25) is 18.2 Å². The number of hydrogen-bond acceptors (Lipinski definition) is 6. The standard InChI is InChI=1S/C16H22F3N3O3.C9H9ClO/c1-2-4-15(5-3-11(8-15)20-9-23)14-22-21-13(24-14)10-6-12(7-10)25-16(17,18)19;10-8-3-4-9-7(6-8)2-1-5-11-9/h9-12H,2-8H2,1H3,(H,20,23);3-4,6H,1-2,5H2. The predicted molar refractivity (Wildman–Crippen MR) is 126 cm³/mol. The van der Waals surface area contributed by atoms with Crippen LogP contribution >= 0.6 is 11.6 Å². The average Bonchev–Trinajstić information content (AvgIpc) is 3.45. The largest absolute Gasteiger partial charge is 0.522 e. The van der Waals surface area contributed by atoms with Gasteiger partial charge in [-0.3, -0.25) is 9.53 Å². The van der Waals surface area contributed by atoms with E-state index >= 15 is 0 Å². The molecule has 2 unspecified atom stereocenters. The van der Waals surface area contributed by atoms with Gasteiger partial charge >= 0.3 is 6.36 Å². The van der Waals surface area contributed by atoms with Crippen LogP contribution in [0, 0.1) is 0 Å². The highest BCUT2D eigenvalue weighted by atomic mass is 35.5. The first-order valence-electron chi connectivity index (χ1n) is 12.4. The second-order valence-corrected chi connectivity index (χ2v) is 10.2. The summed E-state index contributed by atoms with van der Waals surface area (Å²) in [5.41, 5.74) is 0.982. The number of ether oxygens (including phenoxy) is 2. The first-order valence-corrected chi connectivity index (χ1v) is 12.8. The van der Waals surface area contributed by atoms with Crippen LogP contribution in [0.4, 0.5) is 13.2 Å². The Labute approximate surface area is 213 Å². The summed E-state index contributed by atoms with van der Waals surface area (Å²) in [7, 11) is 0. The average molecular weight is 530 g/mol. The summed E-state index contributed by atoms with van der Waals surface area (Å²) < 4.78 is 51.9. The van der Waals surface area contributed by atoms with Crippen molar-refractivity contribution in [1.29, 1.82) is 0 Å². The molecule has 5 rings (SSSR count). The van der Waals surface area contributed by atoms with Crippen LogP contribution in [0.25, 0.3) is 0 Å². The highest BCUT2D eigenvalue weighted by Gasteiger charge is 2.46. The van der Waals surface area contributed by atoms with Gasteiger partial charge in [-0.05, 0) is 75.1 Å². The predicted octanol–water partition coefficient (Wildman–Crippen LogP) is 5.85. The molecule has 2 aromatic rings. The molecule has 0 radical (unpaired) electrons. The maximum absolute atomic E-state index is 12.2. The zero-order valence-electron chi connectivity index (χ0n) is 20.2. The number of carbonyl (C=O) groups excluding carboxylic acids is 1. The van der Waals surface area contributed by atoms with Crippen LogP contribution in [-0.4, -0.2) is 41.7 Å². The Hall–Kier alpha value is -2.33. The Morgan fingerprint density at radius 1 is 1.31 bits per heavy atom. The van der Waals surface area contributed by atoms with Gasteiger partial charge in [-0.15, -0.1) is 23.4 Å². The molecular formula is C25H31ClF3N3O4. The molecule has 1 aromatic heterocycles. The van der Waals surface area contributed by atoms with E-state index < -0.39 is 12.5 Å². The fourth-order valence-corrected chi connectivity index (χ4v) is 5.56. The van der Waals surface area contributed by atoms with Gasteiger partial charge in [0.05, 0.1) is 18.1 Å². The van der Waals surface area contributed by atoms with Crippen LogP contribution in [0.5, 0.6) is 5.75 Å². The number of rotatable bonds is 7. The fraction of sp³-hybridized carbons (Fsp3) is 0.640. The van der Waals surface area contributed by atoms with Crippen LogP contribution in [-0.2, 0) is 21.4 Å². The molecule has 11 heteroatoms. The van der Waals surface area contributed by atoms with Gasteiger partial charge in [0.15, 0.2) is 0 Å². The lowest BCUT2D eigenvalue weighted by atomic mass is 9.81. The molecule has 0 bridgehead atoms. The summed E-state index contributed by atoms with van der Waals surface area (Å²) in [6.07, 6.45) is 2.18. The summed E-state index contributed by atoms with van der Waals surface area (Å²) >= 11 is 5.82. The number of nitrogens with one attached hydrogen (secondary N) is 1. The van der Waals surface area contributed by atoms with E-state index in [4.69, 9.17) is 20.8 Å². The van der Waals surface area contributed by atoms with Crippen LogP contribution in [0.2, 0.25) is 5.02 Å². The Morgan fingerprint density at radius 2 is 2.11 bits per heavy atom. The lowest BCUT2D eigenvalue weighted by molar-refractivity contribution is -0.352. The van der Waals surface area contributed by atoms with Crippen molar-refractivity contribution in [3.05, 3.63) is 40.6 Å². The molecule has 1 amide bonds. The van der Waals surface area contributed by atoms with E-state index in [2.05, 4.69) is 27.2 Å². The van der Waals surface area contributed by atoms with Crippen molar-refractivity contribution in [2.45, 2.75) is 94.6 Å².